The Morgan fingerprint density at radius 2 is 2.25 bits per heavy atom. The number of hydrogen-bond acceptors (Lipinski definition) is 3. The highest BCUT2D eigenvalue weighted by atomic mass is 19.1. The van der Waals surface area contributed by atoms with Crippen LogP contribution in [0.3, 0.4) is 0 Å². The third kappa shape index (κ3) is 1.72. The van der Waals surface area contributed by atoms with E-state index >= 15 is 0 Å². The van der Waals surface area contributed by atoms with Crippen LogP contribution in [-0.2, 0) is 11.4 Å². The average Bonchev–Trinajstić information content (AvgIpc) is 2.09. The molecule has 0 aliphatic heterocycles. The van der Waals surface area contributed by atoms with E-state index in [2.05, 4.69) is 4.84 Å². The molecule has 1 aromatic rings. The van der Waals surface area contributed by atoms with E-state index in [0.717, 1.165) is 0 Å². The van der Waals surface area contributed by atoms with Gasteiger partial charge in [0.05, 0.1) is 13.7 Å². The summed E-state index contributed by atoms with van der Waals surface area (Å²) in [6.07, 6.45) is 0. The van der Waals surface area contributed by atoms with Crippen molar-refractivity contribution in [2.24, 2.45) is 5.90 Å². The van der Waals surface area contributed by atoms with E-state index in [-0.39, 0.29) is 12.4 Å². The molecule has 0 fully saturated rings. The van der Waals surface area contributed by atoms with Crippen molar-refractivity contribution in [2.75, 3.05) is 7.11 Å². The molecule has 3 nitrogen and oxygen atoms in total. The fourth-order valence-corrected chi connectivity index (χ4v) is 0.915. The Hall–Kier alpha value is -1.13. The lowest BCUT2D eigenvalue weighted by Crippen LogP contribution is -2.02. The first-order chi connectivity index (χ1) is 5.79. The van der Waals surface area contributed by atoms with Crippen LogP contribution in [0, 0.1) is 5.82 Å². The summed E-state index contributed by atoms with van der Waals surface area (Å²) in [6, 6.07) is 4.80. The lowest BCUT2D eigenvalue weighted by molar-refractivity contribution is 0.121. The summed E-state index contributed by atoms with van der Waals surface area (Å²) in [5.74, 6) is 4.59. The SMILES string of the molecule is COc1cccc(CON)c1F. The first-order valence-electron chi connectivity index (χ1n) is 3.42. The highest BCUT2D eigenvalue weighted by Crippen LogP contribution is 2.19. The van der Waals surface area contributed by atoms with Crippen molar-refractivity contribution in [1.29, 1.82) is 0 Å². The quantitative estimate of drug-likeness (QED) is 0.695. The highest BCUT2D eigenvalue weighted by molar-refractivity contribution is 5.30. The zero-order chi connectivity index (χ0) is 8.97. The van der Waals surface area contributed by atoms with E-state index in [1.54, 1.807) is 12.1 Å². The van der Waals surface area contributed by atoms with Gasteiger partial charge in [0.15, 0.2) is 11.6 Å². The van der Waals surface area contributed by atoms with Crippen LogP contribution in [0.15, 0.2) is 18.2 Å². The molecule has 2 N–H and O–H groups in total. The first-order valence-corrected chi connectivity index (χ1v) is 3.42. The molecule has 0 atom stereocenters. The second kappa shape index (κ2) is 4.04. The predicted molar refractivity (Wildman–Crippen MR) is 41.9 cm³/mol. The third-order valence-electron chi connectivity index (χ3n) is 1.50. The molecule has 12 heavy (non-hydrogen) atoms. The Labute approximate surface area is 69.8 Å². The van der Waals surface area contributed by atoms with Crippen LogP contribution < -0.4 is 10.6 Å². The van der Waals surface area contributed by atoms with Gasteiger partial charge < -0.3 is 4.74 Å². The van der Waals surface area contributed by atoms with Gasteiger partial charge >= 0.3 is 0 Å². The fraction of sp³-hybridized carbons (Fsp3) is 0.250. The predicted octanol–water partition coefficient (Wildman–Crippen LogP) is 1.22. The molecule has 0 amide bonds. The van der Waals surface area contributed by atoms with Crippen LogP contribution in [0.4, 0.5) is 4.39 Å². The smallest absolute Gasteiger partial charge is 0.170 e. The second-order valence-corrected chi connectivity index (χ2v) is 2.24. The molecule has 0 saturated heterocycles. The topological polar surface area (TPSA) is 44.5 Å². The standard InChI is InChI=1S/C8H10FNO2/c1-11-7-4-2-3-6(5-12-10)8(7)9/h2-4H,5,10H2,1H3. The molecule has 0 bridgehead atoms. The van der Waals surface area contributed by atoms with Gasteiger partial charge in [-0.3, -0.25) is 4.84 Å². The van der Waals surface area contributed by atoms with Crippen LogP contribution >= 0.6 is 0 Å². The Kier molecular flexibility index (Phi) is 3.01. The molecular weight excluding hydrogens is 161 g/mol. The largest absolute Gasteiger partial charge is 0.494 e. The Morgan fingerprint density at radius 3 is 2.83 bits per heavy atom. The molecule has 0 aliphatic rings. The third-order valence-corrected chi connectivity index (χ3v) is 1.50. The summed E-state index contributed by atoms with van der Waals surface area (Å²) < 4.78 is 18.0. The van der Waals surface area contributed by atoms with E-state index in [1.807, 2.05) is 0 Å². The van der Waals surface area contributed by atoms with Gasteiger partial charge in [0.1, 0.15) is 0 Å². The molecule has 0 heterocycles. The number of ether oxygens (including phenoxy) is 1. The molecule has 0 unspecified atom stereocenters. The molecule has 0 spiro atoms. The van der Waals surface area contributed by atoms with Crippen LogP contribution in [0.2, 0.25) is 0 Å². The molecule has 0 aromatic heterocycles. The van der Waals surface area contributed by atoms with E-state index in [4.69, 9.17) is 10.6 Å². The van der Waals surface area contributed by atoms with E-state index < -0.39 is 5.82 Å². The molecule has 1 rings (SSSR count). The number of nitrogens with two attached hydrogens (primary N) is 1. The van der Waals surface area contributed by atoms with Crippen LogP contribution in [-0.4, -0.2) is 7.11 Å². The van der Waals surface area contributed by atoms with E-state index in [9.17, 15) is 4.39 Å². The van der Waals surface area contributed by atoms with Crippen molar-refractivity contribution in [3.05, 3.63) is 29.6 Å². The summed E-state index contributed by atoms with van der Waals surface area (Å²) in [6.45, 7) is 0.0447. The van der Waals surface area contributed by atoms with Crippen molar-refractivity contribution in [2.45, 2.75) is 6.61 Å². The van der Waals surface area contributed by atoms with Crippen LogP contribution in [0.1, 0.15) is 5.56 Å². The number of benzene rings is 1. The van der Waals surface area contributed by atoms with Crippen molar-refractivity contribution >= 4 is 0 Å². The number of hydrogen-bond donors (Lipinski definition) is 1. The summed E-state index contributed by atoms with van der Waals surface area (Å²) in [5, 5.41) is 0. The second-order valence-electron chi connectivity index (χ2n) is 2.24. The van der Waals surface area contributed by atoms with Crippen molar-refractivity contribution < 1.29 is 14.0 Å². The lowest BCUT2D eigenvalue weighted by Gasteiger charge is -2.05. The molecular formula is C8H10FNO2. The molecule has 66 valence electrons. The molecule has 1 aromatic carbocycles. The minimum Gasteiger partial charge on any atom is -0.494 e. The Bertz CT molecular complexity index is 265. The first kappa shape index (κ1) is 8.96. The maximum Gasteiger partial charge on any atom is 0.170 e. The lowest BCUT2D eigenvalue weighted by atomic mass is 10.2. The number of methoxy groups -OCH3 is 1. The maximum absolute atomic E-state index is 13.2. The van der Waals surface area contributed by atoms with E-state index in [1.165, 1.54) is 13.2 Å². The zero-order valence-corrected chi connectivity index (χ0v) is 6.71. The van der Waals surface area contributed by atoms with Crippen molar-refractivity contribution in [3.8, 4) is 5.75 Å². The van der Waals surface area contributed by atoms with Crippen LogP contribution in [0.25, 0.3) is 0 Å². The van der Waals surface area contributed by atoms with Gasteiger partial charge in [-0.25, -0.2) is 10.3 Å². The number of halogens is 1. The maximum atomic E-state index is 13.2. The van der Waals surface area contributed by atoms with Gasteiger partial charge in [-0.15, -0.1) is 0 Å². The molecule has 0 aliphatic carbocycles. The van der Waals surface area contributed by atoms with Gasteiger partial charge in [-0.05, 0) is 6.07 Å². The van der Waals surface area contributed by atoms with Gasteiger partial charge in [-0.2, -0.15) is 0 Å². The zero-order valence-electron chi connectivity index (χ0n) is 6.71. The van der Waals surface area contributed by atoms with Crippen molar-refractivity contribution in [3.63, 3.8) is 0 Å². The number of rotatable bonds is 3. The molecule has 0 saturated carbocycles. The monoisotopic (exact) mass is 171 g/mol. The van der Waals surface area contributed by atoms with Crippen LogP contribution in [0.5, 0.6) is 5.75 Å². The van der Waals surface area contributed by atoms with Crippen molar-refractivity contribution in [1.82, 2.24) is 0 Å². The van der Waals surface area contributed by atoms with Gasteiger partial charge in [0, 0.05) is 5.56 Å². The summed E-state index contributed by atoms with van der Waals surface area (Å²) >= 11 is 0. The minimum absolute atomic E-state index is 0.0447. The van der Waals surface area contributed by atoms with Gasteiger partial charge in [0.25, 0.3) is 0 Å². The fourth-order valence-electron chi connectivity index (χ4n) is 0.915. The summed E-state index contributed by atoms with van der Waals surface area (Å²) in [5.41, 5.74) is 0.386. The Balaban J connectivity index is 2.97. The highest BCUT2D eigenvalue weighted by Gasteiger charge is 2.06. The van der Waals surface area contributed by atoms with Gasteiger partial charge in [-0.1, -0.05) is 12.1 Å². The average molecular weight is 171 g/mol. The summed E-state index contributed by atoms with van der Waals surface area (Å²) in [4.78, 5) is 4.31. The normalized spacial score (nSPS) is 9.92. The Morgan fingerprint density at radius 1 is 1.50 bits per heavy atom. The molecule has 0 radical (unpaired) electrons. The van der Waals surface area contributed by atoms with Gasteiger partial charge in [0.2, 0.25) is 0 Å². The van der Waals surface area contributed by atoms with E-state index in [0.29, 0.717) is 5.56 Å². The molecule has 4 heteroatoms. The minimum atomic E-state index is -0.426. The summed E-state index contributed by atoms with van der Waals surface area (Å²) in [7, 11) is 1.41.